The molecular formula is C11H17FN2O2. The van der Waals surface area contributed by atoms with Crippen LogP contribution in [0.15, 0.2) is 18.2 Å². The van der Waals surface area contributed by atoms with Crippen molar-refractivity contribution in [1.29, 1.82) is 0 Å². The van der Waals surface area contributed by atoms with E-state index in [-0.39, 0.29) is 12.4 Å². The van der Waals surface area contributed by atoms with E-state index in [0.29, 0.717) is 17.9 Å². The van der Waals surface area contributed by atoms with Crippen molar-refractivity contribution in [3.63, 3.8) is 0 Å². The third-order valence-corrected chi connectivity index (χ3v) is 2.19. The van der Waals surface area contributed by atoms with Crippen molar-refractivity contribution in [1.82, 2.24) is 0 Å². The molecule has 1 rings (SSSR count). The van der Waals surface area contributed by atoms with Crippen molar-refractivity contribution < 1.29 is 14.2 Å². The predicted molar refractivity (Wildman–Crippen MR) is 62.0 cm³/mol. The summed E-state index contributed by atoms with van der Waals surface area (Å²) in [6.45, 7) is 0.603. The molecule has 16 heavy (non-hydrogen) atoms. The van der Waals surface area contributed by atoms with E-state index in [0.717, 1.165) is 0 Å². The molecule has 0 spiro atoms. The Balaban J connectivity index is 2.68. The molecule has 4 nitrogen and oxygen atoms in total. The summed E-state index contributed by atoms with van der Waals surface area (Å²) in [6, 6.07) is 4.28. The number of nitrogens with two attached hydrogens (primary N) is 1. The van der Waals surface area contributed by atoms with Crippen molar-refractivity contribution in [2.75, 3.05) is 37.9 Å². The molecule has 0 fully saturated rings. The van der Waals surface area contributed by atoms with E-state index < -0.39 is 6.10 Å². The predicted octanol–water partition coefficient (Wildman–Crippen LogP) is 0.851. The van der Waals surface area contributed by atoms with Crippen LogP contribution in [-0.2, 0) is 4.74 Å². The van der Waals surface area contributed by atoms with Gasteiger partial charge in [-0.05, 0) is 18.2 Å². The number of nitrogens with zero attached hydrogens (tertiary/aromatic N) is 1. The smallest absolute Gasteiger partial charge is 0.127 e. The molecule has 1 aromatic rings. The van der Waals surface area contributed by atoms with E-state index in [1.807, 2.05) is 0 Å². The van der Waals surface area contributed by atoms with Gasteiger partial charge in [-0.2, -0.15) is 0 Å². The third kappa shape index (κ3) is 3.67. The minimum Gasteiger partial charge on any atom is -0.399 e. The standard InChI is InChI=1S/C11H17FN2O2/c1-14(6-11(15)7-16-2)10-4-8(12)3-9(13)5-10/h3-5,11,15H,6-7,13H2,1-2H3. The number of hydrogen-bond acceptors (Lipinski definition) is 4. The Bertz CT molecular complexity index is 327. The van der Waals surface area contributed by atoms with Crippen LogP contribution in [0.4, 0.5) is 15.8 Å². The topological polar surface area (TPSA) is 58.7 Å². The third-order valence-electron chi connectivity index (χ3n) is 2.19. The molecule has 0 heterocycles. The zero-order valence-electron chi connectivity index (χ0n) is 9.48. The van der Waals surface area contributed by atoms with Crippen LogP contribution in [0.3, 0.4) is 0 Å². The van der Waals surface area contributed by atoms with Crippen LogP contribution in [0.25, 0.3) is 0 Å². The molecule has 0 amide bonds. The number of aliphatic hydroxyl groups excluding tert-OH is 1. The van der Waals surface area contributed by atoms with Gasteiger partial charge in [0.1, 0.15) is 5.82 Å². The minimum atomic E-state index is -0.612. The summed E-state index contributed by atoms with van der Waals surface area (Å²) in [6.07, 6.45) is -0.612. The number of nitrogen functional groups attached to an aromatic ring is 1. The summed E-state index contributed by atoms with van der Waals surface area (Å²) in [4.78, 5) is 1.73. The van der Waals surface area contributed by atoms with E-state index in [9.17, 15) is 9.50 Å². The van der Waals surface area contributed by atoms with Crippen LogP contribution < -0.4 is 10.6 Å². The molecule has 5 heteroatoms. The summed E-state index contributed by atoms with van der Waals surface area (Å²) < 4.78 is 17.9. The highest BCUT2D eigenvalue weighted by atomic mass is 19.1. The van der Waals surface area contributed by atoms with Gasteiger partial charge in [-0.25, -0.2) is 4.39 Å². The van der Waals surface area contributed by atoms with Crippen LogP contribution in [0, 0.1) is 5.82 Å². The van der Waals surface area contributed by atoms with Gasteiger partial charge in [0.2, 0.25) is 0 Å². The van der Waals surface area contributed by atoms with E-state index >= 15 is 0 Å². The van der Waals surface area contributed by atoms with Gasteiger partial charge >= 0.3 is 0 Å². The van der Waals surface area contributed by atoms with Gasteiger partial charge in [0.25, 0.3) is 0 Å². The Kier molecular flexibility index (Phi) is 4.52. The second-order valence-electron chi connectivity index (χ2n) is 3.73. The van der Waals surface area contributed by atoms with E-state index in [1.54, 1.807) is 18.0 Å². The maximum atomic E-state index is 13.1. The number of likely N-dealkylation sites (N-methyl/N-ethyl adjacent to an activating group) is 1. The first-order valence-electron chi connectivity index (χ1n) is 4.97. The molecule has 0 aliphatic heterocycles. The molecule has 3 N–H and O–H groups in total. The Labute approximate surface area is 94.4 Å². The number of halogens is 1. The van der Waals surface area contributed by atoms with E-state index in [4.69, 9.17) is 10.5 Å². The monoisotopic (exact) mass is 228 g/mol. The van der Waals surface area contributed by atoms with Gasteiger partial charge in [0.15, 0.2) is 0 Å². The maximum Gasteiger partial charge on any atom is 0.127 e. The largest absolute Gasteiger partial charge is 0.399 e. The molecule has 1 aromatic carbocycles. The molecule has 0 saturated heterocycles. The fraction of sp³-hybridized carbons (Fsp3) is 0.455. The lowest BCUT2D eigenvalue weighted by atomic mass is 10.2. The fourth-order valence-corrected chi connectivity index (χ4v) is 1.48. The molecule has 0 aliphatic carbocycles. The average molecular weight is 228 g/mol. The number of hydrogen-bond donors (Lipinski definition) is 2. The minimum absolute atomic E-state index is 0.245. The first kappa shape index (κ1) is 12.7. The maximum absolute atomic E-state index is 13.1. The zero-order valence-corrected chi connectivity index (χ0v) is 9.48. The Morgan fingerprint density at radius 1 is 1.50 bits per heavy atom. The molecule has 1 unspecified atom stereocenters. The van der Waals surface area contributed by atoms with Crippen LogP contribution in [0.2, 0.25) is 0 Å². The van der Waals surface area contributed by atoms with Crippen LogP contribution >= 0.6 is 0 Å². The second kappa shape index (κ2) is 5.67. The summed E-state index contributed by atoms with van der Waals surface area (Å²) in [5.41, 5.74) is 6.53. The van der Waals surface area contributed by atoms with Crippen LogP contribution in [0.5, 0.6) is 0 Å². The average Bonchev–Trinajstić information content (AvgIpc) is 2.16. The number of benzene rings is 1. The second-order valence-corrected chi connectivity index (χ2v) is 3.73. The Morgan fingerprint density at radius 3 is 2.75 bits per heavy atom. The van der Waals surface area contributed by atoms with Gasteiger partial charge in [-0.1, -0.05) is 0 Å². The van der Waals surface area contributed by atoms with Crippen LogP contribution in [-0.4, -0.2) is 38.5 Å². The Morgan fingerprint density at radius 2 is 2.19 bits per heavy atom. The first-order valence-corrected chi connectivity index (χ1v) is 4.97. The SMILES string of the molecule is COCC(O)CN(C)c1cc(N)cc(F)c1. The van der Waals surface area contributed by atoms with Crippen molar-refractivity contribution in [3.8, 4) is 0 Å². The Hall–Kier alpha value is -1.33. The van der Waals surface area contributed by atoms with Gasteiger partial charge < -0.3 is 20.5 Å². The number of methoxy groups -OCH3 is 1. The van der Waals surface area contributed by atoms with E-state index in [1.165, 1.54) is 19.2 Å². The van der Waals surface area contributed by atoms with Crippen molar-refractivity contribution in [2.24, 2.45) is 0 Å². The highest BCUT2D eigenvalue weighted by molar-refractivity contribution is 5.56. The molecule has 1 atom stereocenters. The lowest BCUT2D eigenvalue weighted by Crippen LogP contribution is -2.31. The number of ether oxygens (including phenoxy) is 1. The molecular weight excluding hydrogens is 211 g/mol. The van der Waals surface area contributed by atoms with Gasteiger partial charge in [0.05, 0.1) is 12.7 Å². The highest BCUT2D eigenvalue weighted by Gasteiger charge is 2.09. The quantitative estimate of drug-likeness (QED) is 0.734. The van der Waals surface area contributed by atoms with Gasteiger partial charge in [-0.15, -0.1) is 0 Å². The molecule has 90 valence electrons. The number of rotatable bonds is 5. The molecule has 0 saturated carbocycles. The lowest BCUT2D eigenvalue weighted by Gasteiger charge is -2.22. The van der Waals surface area contributed by atoms with Crippen molar-refractivity contribution >= 4 is 11.4 Å². The summed E-state index contributed by atoms with van der Waals surface area (Å²) in [7, 11) is 3.27. The summed E-state index contributed by atoms with van der Waals surface area (Å²) in [5.74, 6) is -0.386. The fourth-order valence-electron chi connectivity index (χ4n) is 1.48. The first-order chi connectivity index (χ1) is 7.52. The molecule has 0 aliphatic rings. The van der Waals surface area contributed by atoms with Crippen LogP contribution in [0.1, 0.15) is 0 Å². The van der Waals surface area contributed by atoms with Crippen molar-refractivity contribution in [3.05, 3.63) is 24.0 Å². The van der Waals surface area contributed by atoms with E-state index in [2.05, 4.69) is 0 Å². The lowest BCUT2D eigenvalue weighted by molar-refractivity contribution is 0.0695. The molecule has 0 aromatic heterocycles. The summed E-state index contributed by atoms with van der Waals surface area (Å²) in [5, 5.41) is 9.53. The highest BCUT2D eigenvalue weighted by Crippen LogP contribution is 2.18. The molecule has 0 radical (unpaired) electrons. The summed E-state index contributed by atoms with van der Waals surface area (Å²) >= 11 is 0. The van der Waals surface area contributed by atoms with Gasteiger partial charge in [0, 0.05) is 32.1 Å². The number of aliphatic hydroxyl groups is 1. The van der Waals surface area contributed by atoms with Crippen molar-refractivity contribution in [2.45, 2.75) is 6.10 Å². The number of anilines is 2. The van der Waals surface area contributed by atoms with Gasteiger partial charge in [-0.3, -0.25) is 0 Å². The normalized spacial score (nSPS) is 12.5. The molecule has 0 bridgehead atoms. The zero-order chi connectivity index (χ0) is 12.1.